The zero-order valence-electron chi connectivity index (χ0n) is 10.4. The summed E-state index contributed by atoms with van der Waals surface area (Å²) in [5.74, 6) is 1.37. The van der Waals surface area contributed by atoms with Gasteiger partial charge < -0.3 is 9.47 Å². The first-order valence-electron chi connectivity index (χ1n) is 5.92. The van der Waals surface area contributed by atoms with Crippen molar-refractivity contribution in [3.63, 3.8) is 0 Å². The molecule has 16 heavy (non-hydrogen) atoms. The highest BCUT2D eigenvalue weighted by molar-refractivity contribution is 5.28. The highest BCUT2D eigenvalue weighted by Gasteiger charge is 2.25. The van der Waals surface area contributed by atoms with Gasteiger partial charge in [-0.15, -0.1) is 0 Å². The van der Waals surface area contributed by atoms with Gasteiger partial charge in [0.2, 0.25) is 5.88 Å². The van der Waals surface area contributed by atoms with Crippen LogP contribution < -0.4 is 4.74 Å². The Labute approximate surface area is 96.5 Å². The van der Waals surface area contributed by atoms with Gasteiger partial charge in [0.05, 0.1) is 18.8 Å². The molecule has 0 spiro atoms. The minimum Gasteiger partial charge on any atom is -0.475 e. The van der Waals surface area contributed by atoms with Crippen LogP contribution in [0.4, 0.5) is 0 Å². The Morgan fingerprint density at radius 2 is 2.19 bits per heavy atom. The molecule has 0 unspecified atom stereocenters. The molecule has 0 N–H and O–H groups in total. The van der Waals surface area contributed by atoms with Gasteiger partial charge in [0.25, 0.3) is 0 Å². The number of hydrogen-bond donors (Lipinski definition) is 0. The van der Waals surface area contributed by atoms with Crippen LogP contribution in [0.5, 0.6) is 5.88 Å². The van der Waals surface area contributed by atoms with E-state index < -0.39 is 0 Å². The number of aromatic nitrogens is 2. The van der Waals surface area contributed by atoms with Crippen molar-refractivity contribution in [1.29, 1.82) is 0 Å². The zero-order chi connectivity index (χ0) is 11.7. The summed E-state index contributed by atoms with van der Waals surface area (Å²) < 4.78 is 13.4. The topological polar surface area (TPSA) is 36.3 Å². The van der Waals surface area contributed by atoms with E-state index in [9.17, 15) is 0 Å². The second-order valence-corrected chi connectivity index (χ2v) is 4.86. The van der Waals surface area contributed by atoms with E-state index in [2.05, 4.69) is 18.9 Å². The summed E-state index contributed by atoms with van der Waals surface area (Å²) in [4.78, 5) is 0. The van der Waals surface area contributed by atoms with Crippen LogP contribution in [-0.2, 0) is 11.3 Å². The van der Waals surface area contributed by atoms with Crippen molar-refractivity contribution >= 4 is 0 Å². The first-order valence-corrected chi connectivity index (χ1v) is 5.92. The molecule has 0 fully saturated rings. The van der Waals surface area contributed by atoms with Crippen LogP contribution in [0.3, 0.4) is 0 Å². The quantitative estimate of drug-likeness (QED) is 0.789. The van der Waals surface area contributed by atoms with Gasteiger partial charge in [0, 0.05) is 5.56 Å². The van der Waals surface area contributed by atoms with Crippen LogP contribution in [0.2, 0.25) is 0 Å². The molecule has 4 nitrogen and oxygen atoms in total. The minimum atomic E-state index is 0.118. The number of fused-ring (bicyclic) bond motifs is 1. The van der Waals surface area contributed by atoms with Gasteiger partial charge >= 0.3 is 0 Å². The molecule has 1 aliphatic rings. The summed E-state index contributed by atoms with van der Waals surface area (Å²) in [7, 11) is 0. The average Bonchev–Trinajstić information content (AvgIpc) is 2.59. The first kappa shape index (κ1) is 11.5. The number of hydrogen-bond acceptors (Lipinski definition) is 3. The monoisotopic (exact) mass is 224 g/mol. The maximum Gasteiger partial charge on any atom is 0.215 e. The lowest BCUT2D eigenvalue weighted by molar-refractivity contribution is -0.0439. The molecule has 0 saturated heterocycles. The molecule has 2 rings (SSSR count). The lowest BCUT2D eigenvalue weighted by Gasteiger charge is -2.26. The number of ether oxygens (including phenoxy) is 2. The van der Waals surface area contributed by atoms with Crippen molar-refractivity contribution < 1.29 is 9.47 Å². The van der Waals surface area contributed by atoms with Crippen LogP contribution in [-0.4, -0.2) is 28.6 Å². The smallest absolute Gasteiger partial charge is 0.215 e. The van der Waals surface area contributed by atoms with Crippen molar-refractivity contribution in [3.05, 3.63) is 11.8 Å². The molecule has 0 amide bonds. The van der Waals surface area contributed by atoms with E-state index in [0.717, 1.165) is 12.4 Å². The third-order valence-electron chi connectivity index (χ3n) is 2.69. The standard InChI is InChI=1S/C12H20N2O2/c1-8(2)11-5-13-14-6-10(16-9(3)4)7-15-12(11)14/h5,8-10H,6-7H2,1-4H3/t10-/m1/s1. The molecule has 0 radical (unpaired) electrons. The van der Waals surface area contributed by atoms with Crippen molar-refractivity contribution in [3.8, 4) is 5.88 Å². The molecular formula is C12H20N2O2. The van der Waals surface area contributed by atoms with E-state index in [1.54, 1.807) is 0 Å². The third kappa shape index (κ3) is 2.21. The Bertz CT molecular complexity index is 358. The Kier molecular flexibility index (Phi) is 3.19. The zero-order valence-corrected chi connectivity index (χ0v) is 10.4. The molecule has 1 aliphatic heterocycles. The van der Waals surface area contributed by atoms with Gasteiger partial charge in [-0.05, 0) is 19.8 Å². The van der Waals surface area contributed by atoms with Gasteiger partial charge in [0.1, 0.15) is 12.7 Å². The van der Waals surface area contributed by atoms with Gasteiger partial charge in [-0.1, -0.05) is 13.8 Å². The van der Waals surface area contributed by atoms with Gasteiger partial charge in [-0.3, -0.25) is 0 Å². The van der Waals surface area contributed by atoms with Crippen molar-refractivity contribution in [1.82, 2.24) is 9.78 Å². The SMILES string of the molecule is CC(C)O[C@H]1COc2c(C(C)C)cnn2C1. The summed E-state index contributed by atoms with van der Waals surface area (Å²) in [6.07, 6.45) is 2.25. The molecule has 0 bridgehead atoms. The summed E-state index contributed by atoms with van der Waals surface area (Å²) >= 11 is 0. The fourth-order valence-electron chi connectivity index (χ4n) is 1.96. The van der Waals surface area contributed by atoms with Crippen LogP contribution in [0, 0.1) is 0 Å². The van der Waals surface area contributed by atoms with E-state index in [1.807, 2.05) is 24.7 Å². The van der Waals surface area contributed by atoms with E-state index in [0.29, 0.717) is 12.5 Å². The maximum atomic E-state index is 5.74. The van der Waals surface area contributed by atoms with Crippen molar-refractivity contribution in [2.75, 3.05) is 6.61 Å². The first-order chi connectivity index (χ1) is 7.58. The maximum absolute atomic E-state index is 5.74. The minimum absolute atomic E-state index is 0.118. The third-order valence-corrected chi connectivity index (χ3v) is 2.69. The second-order valence-electron chi connectivity index (χ2n) is 4.86. The van der Waals surface area contributed by atoms with E-state index >= 15 is 0 Å². The van der Waals surface area contributed by atoms with Crippen LogP contribution in [0.1, 0.15) is 39.2 Å². The largest absolute Gasteiger partial charge is 0.475 e. The molecule has 4 heteroatoms. The highest BCUT2D eigenvalue weighted by Crippen LogP contribution is 2.29. The Balaban J connectivity index is 2.11. The fourth-order valence-corrected chi connectivity index (χ4v) is 1.96. The molecule has 0 aromatic carbocycles. The molecule has 1 aromatic heterocycles. The van der Waals surface area contributed by atoms with Gasteiger partial charge in [-0.25, -0.2) is 4.68 Å². The van der Waals surface area contributed by atoms with Crippen LogP contribution in [0.25, 0.3) is 0 Å². The summed E-state index contributed by atoms with van der Waals surface area (Å²) in [5, 5.41) is 4.35. The van der Waals surface area contributed by atoms with Crippen molar-refractivity contribution in [2.24, 2.45) is 0 Å². The Morgan fingerprint density at radius 1 is 1.44 bits per heavy atom. The second kappa shape index (κ2) is 4.45. The van der Waals surface area contributed by atoms with E-state index in [4.69, 9.17) is 9.47 Å². The van der Waals surface area contributed by atoms with Crippen LogP contribution in [0.15, 0.2) is 6.20 Å². The molecule has 1 aromatic rings. The number of rotatable bonds is 3. The van der Waals surface area contributed by atoms with Gasteiger partial charge in [-0.2, -0.15) is 5.10 Å². The molecule has 0 saturated carbocycles. The highest BCUT2D eigenvalue weighted by atomic mass is 16.5. The van der Waals surface area contributed by atoms with Gasteiger partial charge in [0.15, 0.2) is 0 Å². The average molecular weight is 224 g/mol. The Hall–Kier alpha value is -1.03. The molecule has 2 heterocycles. The fraction of sp³-hybridized carbons (Fsp3) is 0.750. The number of nitrogens with zero attached hydrogens (tertiary/aromatic N) is 2. The lowest BCUT2D eigenvalue weighted by Crippen LogP contribution is -2.34. The van der Waals surface area contributed by atoms with Crippen molar-refractivity contribution in [2.45, 2.75) is 52.4 Å². The molecule has 0 aliphatic carbocycles. The van der Waals surface area contributed by atoms with E-state index in [-0.39, 0.29) is 12.2 Å². The Morgan fingerprint density at radius 3 is 2.81 bits per heavy atom. The summed E-state index contributed by atoms with van der Waals surface area (Å²) in [6, 6.07) is 0. The predicted octanol–water partition coefficient (Wildman–Crippen LogP) is 2.19. The normalized spacial score (nSPS) is 20.0. The van der Waals surface area contributed by atoms with E-state index in [1.165, 1.54) is 5.56 Å². The molecule has 90 valence electrons. The summed E-state index contributed by atoms with van der Waals surface area (Å²) in [6.45, 7) is 9.80. The predicted molar refractivity (Wildman–Crippen MR) is 61.8 cm³/mol. The molecular weight excluding hydrogens is 204 g/mol. The molecule has 1 atom stereocenters. The lowest BCUT2D eigenvalue weighted by atomic mass is 10.1. The van der Waals surface area contributed by atoms with Crippen LogP contribution >= 0.6 is 0 Å². The summed E-state index contributed by atoms with van der Waals surface area (Å²) in [5.41, 5.74) is 1.18.